The number of aromatic amines is 1. The third-order valence-electron chi connectivity index (χ3n) is 3.14. The predicted molar refractivity (Wildman–Crippen MR) is 85.0 cm³/mol. The number of hydrogen-bond donors (Lipinski definition) is 1. The largest absolute Gasteiger partial charge is 0.339 e. The van der Waals surface area contributed by atoms with Gasteiger partial charge in [0.25, 0.3) is 0 Å². The van der Waals surface area contributed by atoms with E-state index in [1.807, 2.05) is 43.3 Å². The molecule has 0 unspecified atom stereocenters. The molecule has 3 aromatic rings. The minimum absolute atomic E-state index is 0.281. The lowest BCUT2D eigenvalue weighted by Crippen LogP contribution is -1.94. The first-order chi connectivity index (χ1) is 10.1. The molecule has 0 amide bonds. The Bertz CT molecular complexity index is 821. The van der Waals surface area contributed by atoms with Gasteiger partial charge in [0, 0.05) is 11.3 Å². The highest BCUT2D eigenvalue weighted by Crippen LogP contribution is 2.22. The van der Waals surface area contributed by atoms with Crippen LogP contribution in [0, 0.1) is 17.4 Å². The fourth-order valence-corrected chi connectivity index (χ4v) is 2.45. The highest BCUT2D eigenvalue weighted by atomic mass is 32.1. The maximum Gasteiger partial charge on any atom is 0.139 e. The Hall–Kier alpha value is -2.33. The molecule has 1 heterocycles. The van der Waals surface area contributed by atoms with Crippen LogP contribution in [0.2, 0.25) is 0 Å². The smallest absolute Gasteiger partial charge is 0.139 e. The normalized spacial score (nSPS) is 10.6. The van der Waals surface area contributed by atoms with E-state index in [1.165, 1.54) is 12.1 Å². The molecule has 21 heavy (non-hydrogen) atoms. The molecule has 1 aromatic heterocycles. The van der Waals surface area contributed by atoms with Gasteiger partial charge in [0.05, 0.1) is 0 Å². The van der Waals surface area contributed by atoms with Crippen LogP contribution in [0.15, 0.2) is 54.6 Å². The van der Waals surface area contributed by atoms with Gasteiger partial charge in [-0.05, 0) is 42.3 Å². The second-order valence-corrected chi connectivity index (χ2v) is 5.28. The molecular weight excluding hydrogens is 283 g/mol. The van der Waals surface area contributed by atoms with Crippen molar-refractivity contribution in [1.29, 1.82) is 0 Å². The van der Waals surface area contributed by atoms with Crippen molar-refractivity contribution in [2.45, 2.75) is 6.92 Å². The first-order valence-electron chi connectivity index (χ1n) is 6.56. The summed E-state index contributed by atoms with van der Waals surface area (Å²) < 4.78 is 14.0. The van der Waals surface area contributed by atoms with Crippen molar-refractivity contribution < 1.29 is 4.39 Å². The number of rotatable bonds is 2. The Morgan fingerprint density at radius 2 is 1.76 bits per heavy atom. The standard InChI is InChI=1S/C17H13FN2S/c1-11-7-13(9-14(18)8-11)17-19-15(10-16(21)20-17)12-5-3-2-4-6-12/h2-10H,1H3,(H,19,20,21). The Morgan fingerprint density at radius 1 is 1.00 bits per heavy atom. The molecule has 0 bridgehead atoms. The number of benzene rings is 2. The minimum atomic E-state index is -0.281. The van der Waals surface area contributed by atoms with Crippen LogP contribution < -0.4 is 0 Å². The van der Waals surface area contributed by atoms with Gasteiger partial charge >= 0.3 is 0 Å². The Balaban J connectivity index is 2.16. The summed E-state index contributed by atoms with van der Waals surface area (Å²) in [7, 11) is 0. The van der Waals surface area contributed by atoms with Crippen molar-refractivity contribution in [3.05, 3.63) is 70.6 Å². The van der Waals surface area contributed by atoms with Crippen LogP contribution in [0.25, 0.3) is 22.6 Å². The van der Waals surface area contributed by atoms with E-state index in [4.69, 9.17) is 12.2 Å². The molecule has 104 valence electrons. The van der Waals surface area contributed by atoms with E-state index in [0.29, 0.717) is 16.0 Å². The molecule has 3 rings (SSSR count). The van der Waals surface area contributed by atoms with Gasteiger partial charge in [-0.3, -0.25) is 0 Å². The number of halogens is 1. The van der Waals surface area contributed by atoms with Gasteiger partial charge < -0.3 is 4.98 Å². The predicted octanol–water partition coefficient (Wildman–Crippen LogP) is 4.92. The summed E-state index contributed by atoms with van der Waals surface area (Å²) in [4.78, 5) is 7.53. The molecule has 0 aliphatic heterocycles. The zero-order valence-electron chi connectivity index (χ0n) is 11.4. The lowest BCUT2D eigenvalue weighted by molar-refractivity contribution is 0.627. The number of H-pyrrole nitrogens is 1. The van der Waals surface area contributed by atoms with Crippen LogP contribution in [0.4, 0.5) is 4.39 Å². The molecule has 2 aromatic carbocycles. The van der Waals surface area contributed by atoms with Crippen molar-refractivity contribution in [3.8, 4) is 22.6 Å². The van der Waals surface area contributed by atoms with Gasteiger partial charge in [0.1, 0.15) is 16.3 Å². The average Bonchev–Trinajstić information content (AvgIpc) is 2.46. The number of aryl methyl sites for hydroxylation is 1. The monoisotopic (exact) mass is 296 g/mol. The van der Waals surface area contributed by atoms with Gasteiger partial charge in [0.15, 0.2) is 0 Å². The summed E-state index contributed by atoms with van der Waals surface area (Å²) >= 11 is 5.23. The van der Waals surface area contributed by atoms with Crippen molar-refractivity contribution >= 4 is 12.2 Å². The molecule has 0 saturated heterocycles. The summed E-state index contributed by atoms with van der Waals surface area (Å²) in [5.74, 6) is 0.292. The van der Waals surface area contributed by atoms with Crippen molar-refractivity contribution in [1.82, 2.24) is 9.97 Å². The number of nitrogens with one attached hydrogen (secondary N) is 1. The quantitative estimate of drug-likeness (QED) is 0.680. The molecule has 0 saturated carbocycles. The first-order valence-corrected chi connectivity index (χ1v) is 6.97. The molecule has 0 spiro atoms. The minimum Gasteiger partial charge on any atom is -0.339 e. The van der Waals surface area contributed by atoms with E-state index < -0.39 is 0 Å². The van der Waals surface area contributed by atoms with Crippen LogP contribution in [0.3, 0.4) is 0 Å². The van der Waals surface area contributed by atoms with Gasteiger partial charge in [-0.2, -0.15) is 0 Å². The molecule has 2 nitrogen and oxygen atoms in total. The van der Waals surface area contributed by atoms with Crippen molar-refractivity contribution in [2.75, 3.05) is 0 Å². The van der Waals surface area contributed by atoms with E-state index in [1.54, 1.807) is 6.07 Å². The summed E-state index contributed by atoms with van der Waals surface area (Å²) in [6, 6.07) is 16.5. The first kappa shape index (κ1) is 13.6. The van der Waals surface area contributed by atoms with Gasteiger partial charge in [0.2, 0.25) is 0 Å². The van der Waals surface area contributed by atoms with Gasteiger partial charge in [-0.1, -0.05) is 42.5 Å². The number of hydrogen-bond acceptors (Lipinski definition) is 2. The Labute approximate surface area is 127 Å². The van der Waals surface area contributed by atoms with E-state index >= 15 is 0 Å². The molecule has 0 fully saturated rings. The lowest BCUT2D eigenvalue weighted by Gasteiger charge is -2.07. The topological polar surface area (TPSA) is 28.7 Å². The highest BCUT2D eigenvalue weighted by Gasteiger charge is 2.06. The maximum atomic E-state index is 13.6. The lowest BCUT2D eigenvalue weighted by atomic mass is 10.1. The van der Waals surface area contributed by atoms with Gasteiger partial charge in [-0.25, -0.2) is 9.37 Å². The fourth-order valence-electron chi connectivity index (χ4n) is 2.24. The third kappa shape index (κ3) is 3.06. The van der Waals surface area contributed by atoms with E-state index in [9.17, 15) is 4.39 Å². The summed E-state index contributed by atoms with van der Waals surface area (Å²) in [5.41, 5.74) is 3.42. The van der Waals surface area contributed by atoms with Crippen LogP contribution in [-0.2, 0) is 0 Å². The summed E-state index contributed by atoms with van der Waals surface area (Å²) in [6.45, 7) is 1.85. The van der Waals surface area contributed by atoms with Crippen LogP contribution in [0.1, 0.15) is 5.56 Å². The van der Waals surface area contributed by atoms with Gasteiger partial charge in [-0.15, -0.1) is 0 Å². The number of aromatic nitrogens is 2. The summed E-state index contributed by atoms with van der Waals surface area (Å²) in [5, 5.41) is 0. The SMILES string of the molecule is Cc1cc(F)cc(-c2nc(=S)cc(-c3ccccc3)[nH]2)c1. The van der Waals surface area contributed by atoms with Crippen molar-refractivity contribution in [3.63, 3.8) is 0 Å². The van der Waals surface area contributed by atoms with Crippen LogP contribution >= 0.6 is 12.2 Å². The van der Waals surface area contributed by atoms with Crippen molar-refractivity contribution in [2.24, 2.45) is 0 Å². The number of nitrogens with zero attached hydrogens (tertiary/aromatic N) is 1. The zero-order chi connectivity index (χ0) is 14.8. The van der Waals surface area contributed by atoms with Crippen LogP contribution in [0.5, 0.6) is 0 Å². The van der Waals surface area contributed by atoms with E-state index in [2.05, 4.69) is 9.97 Å². The second kappa shape index (κ2) is 5.58. The fraction of sp³-hybridized carbons (Fsp3) is 0.0588. The zero-order valence-corrected chi connectivity index (χ0v) is 12.2. The molecule has 0 atom stereocenters. The Kier molecular flexibility index (Phi) is 3.62. The van der Waals surface area contributed by atoms with E-state index in [0.717, 1.165) is 16.8 Å². The van der Waals surface area contributed by atoms with Crippen LogP contribution in [-0.4, -0.2) is 9.97 Å². The molecule has 0 aliphatic rings. The molecule has 4 heteroatoms. The highest BCUT2D eigenvalue weighted by molar-refractivity contribution is 7.71. The van der Waals surface area contributed by atoms with E-state index in [-0.39, 0.29) is 5.82 Å². The average molecular weight is 296 g/mol. The molecule has 1 N–H and O–H groups in total. The second-order valence-electron chi connectivity index (χ2n) is 4.86. The molecular formula is C17H13FN2S. The third-order valence-corrected chi connectivity index (χ3v) is 3.35. The Morgan fingerprint density at radius 3 is 2.48 bits per heavy atom. The molecule has 0 radical (unpaired) electrons. The summed E-state index contributed by atoms with van der Waals surface area (Å²) in [6.07, 6.45) is 0. The molecule has 0 aliphatic carbocycles. The maximum absolute atomic E-state index is 13.6.